The van der Waals surface area contributed by atoms with Crippen LogP contribution in [0.4, 0.5) is 4.79 Å². The van der Waals surface area contributed by atoms with E-state index in [9.17, 15) is 9.59 Å². The van der Waals surface area contributed by atoms with Gasteiger partial charge in [-0.1, -0.05) is 0 Å². The lowest BCUT2D eigenvalue weighted by Crippen LogP contribution is -2.43. The van der Waals surface area contributed by atoms with E-state index in [0.717, 1.165) is 0 Å². The van der Waals surface area contributed by atoms with Crippen LogP contribution in [0.15, 0.2) is 0 Å². The fourth-order valence-corrected chi connectivity index (χ4v) is 2.24. The van der Waals surface area contributed by atoms with Crippen molar-refractivity contribution in [2.45, 2.75) is 58.7 Å². The largest absolute Gasteiger partial charge is 0.481 e. The highest BCUT2D eigenvalue weighted by Gasteiger charge is 2.44. The molecule has 1 fully saturated rings. The molecule has 1 saturated heterocycles. The minimum Gasteiger partial charge on any atom is -0.481 e. The molecular weight excluding hydrogens is 318 g/mol. The van der Waals surface area contributed by atoms with Crippen LogP contribution in [0.1, 0.15) is 41.0 Å². The molecule has 1 amide bonds. The van der Waals surface area contributed by atoms with E-state index in [-0.39, 0.29) is 52.6 Å². The summed E-state index contributed by atoms with van der Waals surface area (Å²) in [6.45, 7) is 9.00. The maximum absolute atomic E-state index is 12.0. The zero-order valence-electron chi connectivity index (χ0n) is 12.6. The zero-order chi connectivity index (χ0) is 13.4. The molecule has 1 N–H and O–H groups in total. The number of ether oxygens (including phenoxy) is 1. The number of carbonyl (C=O) groups excluding carboxylic acids is 1. The fraction of sp³-hybridized carbons (Fsp3) is 0.833. The molecule has 0 radical (unpaired) electrons. The number of hydrogen-bond acceptors (Lipinski definition) is 3. The summed E-state index contributed by atoms with van der Waals surface area (Å²) in [4.78, 5) is 24.5. The van der Waals surface area contributed by atoms with Gasteiger partial charge in [0.05, 0.1) is 5.92 Å². The van der Waals surface area contributed by atoms with Crippen LogP contribution in [0.3, 0.4) is 0 Å². The SMILES string of the molecule is C[C@H]1C[C@H](C(=O)O)[C@H](C)N1C(=O)OC(C)(C)C.S.S.S. The van der Waals surface area contributed by atoms with Crippen LogP contribution in [0, 0.1) is 5.92 Å². The number of hydrogen-bond donors (Lipinski definition) is 1. The standard InChI is InChI=1S/C12H21NO4.3H2S/c1-7-6-9(10(14)15)8(2)13(7)11(16)17-12(3,4)5;;;/h7-9H,6H2,1-5H3,(H,14,15);3*1H2/t7-,8-,9-;;;/m0.../s1. The molecule has 3 atom stereocenters. The lowest BCUT2D eigenvalue weighted by atomic mass is 10.0. The molecule has 5 nitrogen and oxygen atoms in total. The Morgan fingerprint density at radius 2 is 1.60 bits per heavy atom. The van der Waals surface area contributed by atoms with E-state index < -0.39 is 23.6 Å². The van der Waals surface area contributed by atoms with Crippen molar-refractivity contribution in [3.05, 3.63) is 0 Å². The first kappa shape index (κ1) is 24.8. The molecule has 8 heteroatoms. The Hall–Kier alpha value is -0.210. The Balaban J connectivity index is -0.000000963. The quantitative estimate of drug-likeness (QED) is 0.793. The lowest BCUT2D eigenvalue weighted by molar-refractivity contribution is -0.142. The van der Waals surface area contributed by atoms with Gasteiger partial charge in [0.15, 0.2) is 0 Å². The first-order valence-electron chi connectivity index (χ1n) is 5.87. The highest BCUT2D eigenvalue weighted by Crippen LogP contribution is 2.31. The van der Waals surface area contributed by atoms with Crippen LogP contribution < -0.4 is 0 Å². The van der Waals surface area contributed by atoms with E-state index in [0.29, 0.717) is 6.42 Å². The molecule has 1 aliphatic heterocycles. The minimum absolute atomic E-state index is 0. The second kappa shape index (κ2) is 8.94. The number of rotatable bonds is 1. The maximum atomic E-state index is 12.0. The molecule has 0 aliphatic carbocycles. The fourth-order valence-electron chi connectivity index (χ4n) is 2.24. The average Bonchev–Trinajstić information content (AvgIpc) is 2.38. The number of aliphatic carboxylic acids is 1. The topological polar surface area (TPSA) is 66.8 Å². The van der Waals surface area contributed by atoms with Crippen LogP contribution in [0.5, 0.6) is 0 Å². The third-order valence-corrected chi connectivity index (χ3v) is 3.01. The summed E-state index contributed by atoms with van der Waals surface area (Å²) in [5.74, 6) is -1.35. The summed E-state index contributed by atoms with van der Waals surface area (Å²) in [6, 6.07) is -0.418. The Morgan fingerprint density at radius 1 is 1.15 bits per heavy atom. The van der Waals surface area contributed by atoms with Gasteiger partial charge in [-0.25, -0.2) is 4.79 Å². The van der Waals surface area contributed by atoms with Crippen LogP contribution in [-0.4, -0.2) is 39.8 Å². The van der Waals surface area contributed by atoms with Crippen LogP contribution >= 0.6 is 40.5 Å². The van der Waals surface area contributed by atoms with E-state index >= 15 is 0 Å². The highest BCUT2D eigenvalue weighted by molar-refractivity contribution is 7.59. The van der Waals surface area contributed by atoms with E-state index in [1.807, 2.05) is 6.92 Å². The monoisotopic (exact) mass is 345 g/mol. The summed E-state index contributed by atoms with van der Waals surface area (Å²) < 4.78 is 5.28. The van der Waals surface area contributed by atoms with Crippen molar-refractivity contribution in [2.75, 3.05) is 0 Å². The number of nitrogens with zero attached hydrogens (tertiary/aromatic N) is 1. The van der Waals surface area contributed by atoms with Crippen molar-refractivity contribution in [1.82, 2.24) is 4.90 Å². The number of carboxylic acid groups (broad SMARTS) is 1. The Bertz CT molecular complexity index is 333. The molecule has 0 aromatic rings. The third kappa shape index (κ3) is 6.05. The molecule has 0 saturated carbocycles. The molecule has 1 aliphatic rings. The van der Waals surface area contributed by atoms with E-state index in [2.05, 4.69) is 0 Å². The predicted molar refractivity (Wildman–Crippen MR) is 93.9 cm³/mol. The molecule has 122 valence electrons. The third-order valence-electron chi connectivity index (χ3n) is 3.01. The summed E-state index contributed by atoms with van der Waals surface area (Å²) in [6.07, 6.45) is 0.0525. The van der Waals surface area contributed by atoms with Crippen molar-refractivity contribution in [3.63, 3.8) is 0 Å². The molecule has 1 rings (SSSR count). The zero-order valence-corrected chi connectivity index (χ0v) is 15.6. The van der Waals surface area contributed by atoms with Crippen molar-refractivity contribution < 1.29 is 19.4 Å². The molecule has 0 spiro atoms. The van der Waals surface area contributed by atoms with Gasteiger partial charge in [-0.15, -0.1) is 0 Å². The predicted octanol–water partition coefficient (Wildman–Crippen LogP) is 2.44. The van der Waals surface area contributed by atoms with Crippen LogP contribution in [0.2, 0.25) is 0 Å². The molecule has 1 heterocycles. The normalized spacial score (nSPS) is 24.9. The van der Waals surface area contributed by atoms with Gasteiger partial charge in [0, 0.05) is 12.1 Å². The van der Waals surface area contributed by atoms with Gasteiger partial charge in [0.2, 0.25) is 0 Å². The van der Waals surface area contributed by atoms with Crippen LogP contribution in [-0.2, 0) is 9.53 Å². The minimum atomic E-state index is -0.851. The highest BCUT2D eigenvalue weighted by atomic mass is 32.1. The van der Waals surface area contributed by atoms with Gasteiger partial charge in [-0.2, -0.15) is 40.5 Å². The number of amides is 1. The maximum Gasteiger partial charge on any atom is 0.410 e. The first-order chi connectivity index (χ1) is 7.63. The molecule has 0 bridgehead atoms. The van der Waals surface area contributed by atoms with E-state index in [1.54, 1.807) is 27.7 Å². The van der Waals surface area contributed by atoms with Crippen molar-refractivity contribution in [3.8, 4) is 0 Å². The summed E-state index contributed by atoms with van der Waals surface area (Å²) in [5, 5.41) is 9.05. The Morgan fingerprint density at radius 3 is 1.90 bits per heavy atom. The van der Waals surface area contributed by atoms with Gasteiger partial charge < -0.3 is 14.7 Å². The van der Waals surface area contributed by atoms with Gasteiger partial charge >= 0.3 is 12.1 Å². The van der Waals surface area contributed by atoms with Gasteiger partial charge in [-0.3, -0.25) is 4.79 Å². The number of likely N-dealkylation sites (tertiary alicyclic amines) is 1. The summed E-state index contributed by atoms with van der Waals surface area (Å²) >= 11 is 0. The van der Waals surface area contributed by atoms with Crippen LogP contribution in [0.25, 0.3) is 0 Å². The molecule has 20 heavy (non-hydrogen) atoms. The summed E-state index contributed by atoms with van der Waals surface area (Å²) in [5.41, 5.74) is -0.558. The van der Waals surface area contributed by atoms with Crippen molar-refractivity contribution in [2.24, 2.45) is 5.92 Å². The number of carboxylic acids is 1. The lowest BCUT2D eigenvalue weighted by Gasteiger charge is -2.30. The first-order valence-corrected chi connectivity index (χ1v) is 5.87. The van der Waals surface area contributed by atoms with Crippen molar-refractivity contribution in [1.29, 1.82) is 0 Å². The van der Waals surface area contributed by atoms with Crippen molar-refractivity contribution >= 4 is 52.5 Å². The summed E-state index contributed by atoms with van der Waals surface area (Å²) in [7, 11) is 0. The van der Waals surface area contributed by atoms with Gasteiger partial charge in [0.1, 0.15) is 5.60 Å². The smallest absolute Gasteiger partial charge is 0.410 e. The molecule has 0 aromatic carbocycles. The Kier molecular flexibility index (Phi) is 11.1. The van der Waals surface area contributed by atoms with Gasteiger partial charge in [0.25, 0.3) is 0 Å². The Labute approximate surface area is 141 Å². The molecule has 0 aromatic heterocycles. The van der Waals surface area contributed by atoms with E-state index in [4.69, 9.17) is 9.84 Å². The molecular formula is C12H27NO4S3. The van der Waals surface area contributed by atoms with E-state index in [1.165, 1.54) is 4.90 Å². The molecule has 0 unspecified atom stereocenters. The number of carbonyl (C=O) groups is 2. The second-order valence-electron chi connectivity index (χ2n) is 5.66. The average molecular weight is 346 g/mol. The van der Waals surface area contributed by atoms with Gasteiger partial charge in [-0.05, 0) is 41.0 Å². The second-order valence-corrected chi connectivity index (χ2v) is 5.66.